The number of non-ortho nitro benzene ring substituents is 1. The van der Waals surface area contributed by atoms with Crippen LogP contribution in [-0.2, 0) is 15.0 Å². The fourth-order valence-corrected chi connectivity index (χ4v) is 3.65. The zero-order valence-corrected chi connectivity index (χ0v) is 18.2. The number of nitro benzene ring substituents is 1. The predicted octanol–water partition coefficient (Wildman–Crippen LogP) is 4.51. The summed E-state index contributed by atoms with van der Waals surface area (Å²) < 4.78 is 5.42. The highest BCUT2D eigenvalue weighted by atomic mass is 16.6. The maximum Gasteiger partial charge on any atom is 0.301 e. The summed E-state index contributed by atoms with van der Waals surface area (Å²) in [5.41, 5.74) is 0.0808. The van der Waals surface area contributed by atoms with Crippen LogP contribution in [0.2, 0.25) is 0 Å². The van der Waals surface area contributed by atoms with E-state index in [1.54, 1.807) is 36.4 Å². The van der Waals surface area contributed by atoms with Gasteiger partial charge in [0.05, 0.1) is 16.5 Å². The van der Waals surface area contributed by atoms with Crippen molar-refractivity contribution in [1.29, 1.82) is 0 Å². The minimum Gasteiger partial charge on any atom is -0.507 e. The second kappa shape index (κ2) is 8.01. The number of rotatable bonds is 4. The normalized spacial score (nSPS) is 18.0. The molecule has 2 aromatic carbocycles. The average molecular weight is 447 g/mol. The van der Waals surface area contributed by atoms with Crippen LogP contribution in [0.15, 0.2) is 70.8 Å². The minimum atomic E-state index is -1.05. The van der Waals surface area contributed by atoms with E-state index in [0.717, 1.165) is 4.90 Å². The molecule has 0 saturated carbocycles. The first-order valence-electron chi connectivity index (χ1n) is 10.2. The number of hydrogen-bond donors (Lipinski definition) is 1. The third kappa shape index (κ3) is 3.89. The monoisotopic (exact) mass is 447 g/mol. The van der Waals surface area contributed by atoms with Crippen molar-refractivity contribution < 1.29 is 24.1 Å². The zero-order chi connectivity index (χ0) is 23.9. The van der Waals surface area contributed by atoms with Gasteiger partial charge in [-0.3, -0.25) is 24.6 Å². The molecule has 1 atom stereocenters. The van der Waals surface area contributed by atoms with Gasteiger partial charge >= 0.3 is 5.91 Å². The summed E-state index contributed by atoms with van der Waals surface area (Å²) in [6.07, 6.45) is 0. The van der Waals surface area contributed by atoms with Gasteiger partial charge in [0.2, 0.25) is 0 Å². The standard InChI is InChI=1S/C24H21N3O6/c1-24(2,3)17-13-18(25-33-17)26-20(14-9-11-16(12-10-14)27(31)32)19(22(29)23(26)30)21(28)15-7-5-4-6-8-15/h4-13,20,28H,1-3H3/b21-19+. The fraction of sp³-hybridized carbons (Fsp3) is 0.208. The van der Waals surface area contributed by atoms with Gasteiger partial charge in [-0.2, -0.15) is 0 Å². The van der Waals surface area contributed by atoms with Crippen LogP contribution in [0.1, 0.15) is 43.7 Å². The van der Waals surface area contributed by atoms with Crippen molar-refractivity contribution >= 4 is 29.0 Å². The molecule has 0 bridgehead atoms. The number of amides is 1. The topological polar surface area (TPSA) is 127 Å². The van der Waals surface area contributed by atoms with Crippen LogP contribution in [0.25, 0.3) is 5.76 Å². The van der Waals surface area contributed by atoms with E-state index in [0.29, 0.717) is 16.9 Å². The first-order valence-corrected chi connectivity index (χ1v) is 10.2. The van der Waals surface area contributed by atoms with Crippen LogP contribution in [-0.4, -0.2) is 26.9 Å². The summed E-state index contributed by atoms with van der Waals surface area (Å²) in [7, 11) is 0. The number of carbonyl (C=O) groups is 2. The number of Topliss-reactive ketones (excluding diaryl/α,β-unsaturated/α-hetero) is 1. The Balaban J connectivity index is 1.91. The van der Waals surface area contributed by atoms with Crippen LogP contribution < -0.4 is 4.90 Å². The molecule has 168 valence electrons. The summed E-state index contributed by atoms with van der Waals surface area (Å²) >= 11 is 0. The summed E-state index contributed by atoms with van der Waals surface area (Å²) in [6, 6.07) is 14.4. The van der Waals surface area contributed by atoms with Crippen LogP contribution in [0.4, 0.5) is 11.5 Å². The number of nitrogens with zero attached hydrogens (tertiary/aromatic N) is 3. The second-order valence-corrected chi connectivity index (χ2v) is 8.68. The molecule has 1 fully saturated rings. The van der Waals surface area contributed by atoms with Gasteiger partial charge in [0.25, 0.3) is 11.5 Å². The Morgan fingerprint density at radius 1 is 1.09 bits per heavy atom. The molecular weight excluding hydrogens is 426 g/mol. The molecule has 33 heavy (non-hydrogen) atoms. The highest BCUT2D eigenvalue weighted by Crippen LogP contribution is 2.42. The number of aliphatic hydroxyl groups excluding tert-OH is 1. The Labute approximate surface area is 189 Å². The van der Waals surface area contributed by atoms with Crippen molar-refractivity contribution in [2.45, 2.75) is 32.2 Å². The van der Waals surface area contributed by atoms with Crippen molar-refractivity contribution in [1.82, 2.24) is 5.16 Å². The molecule has 2 heterocycles. The molecule has 0 radical (unpaired) electrons. The van der Waals surface area contributed by atoms with Crippen molar-refractivity contribution in [3.05, 3.63) is 93.2 Å². The summed E-state index contributed by atoms with van der Waals surface area (Å²) in [5.74, 6) is -1.51. The van der Waals surface area contributed by atoms with Gasteiger partial charge in [0, 0.05) is 29.2 Å². The van der Waals surface area contributed by atoms with Crippen molar-refractivity contribution in [2.24, 2.45) is 0 Å². The fourth-order valence-electron chi connectivity index (χ4n) is 3.65. The quantitative estimate of drug-likeness (QED) is 0.205. The average Bonchev–Trinajstić information content (AvgIpc) is 3.37. The van der Waals surface area contributed by atoms with E-state index in [1.165, 1.54) is 24.3 Å². The Morgan fingerprint density at radius 3 is 2.27 bits per heavy atom. The number of aromatic nitrogens is 1. The molecule has 1 aliphatic rings. The van der Waals surface area contributed by atoms with E-state index >= 15 is 0 Å². The Morgan fingerprint density at radius 2 is 1.73 bits per heavy atom. The molecule has 1 N–H and O–H groups in total. The summed E-state index contributed by atoms with van der Waals surface area (Å²) in [5, 5.41) is 26.1. The Bertz CT molecular complexity index is 1270. The van der Waals surface area contributed by atoms with Crippen molar-refractivity contribution in [2.75, 3.05) is 4.90 Å². The third-order valence-corrected chi connectivity index (χ3v) is 5.40. The molecule has 9 heteroatoms. The first kappa shape index (κ1) is 21.9. The van der Waals surface area contributed by atoms with Gasteiger partial charge in [-0.15, -0.1) is 0 Å². The molecule has 4 rings (SSSR count). The summed E-state index contributed by atoms with van der Waals surface area (Å²) in [4.78, 5) is 37.9. The van der Waals surface area contributed by atoms with E-state index in [4.69, 9.17) is 4.52 Å². The lowest BCUT2D eigenvalue weighted by Crippen LogP contribution is -2.29. The molecule has 0 aliphatic carbocycles. The van der Waals surface area contributed by atoms with Gasteiger partial charge in [0.1, 0.15) is 11.5 Å². The van der Waals surface area contributed by atoms with E-state index in [1.807, 2.05) is 20.8 Å². The Kier molecular flexibility index (Phi) is 5.33. The molecule has 1 unspecified atom stereocenters. The number of nitro groups is 1. The molecule has 9 nitrogen and oxygen atoms in total. The van der Waals surface area contributed by atoms with E-state index in [-0.39, 0.29) is 22.8 Å². The van der Waals surface area contributed by atoms with Gasteiger partial charge in [-0.1, -0.05) is 56.3 Å². The minimum absolute atomic E-state index is 0.109. The molecule has 0 spiro atoms. The highest BCUT2D eigenvalue weighted by molar-refractivity contribution is 6.51. The lowest BCUT2D eigenvalue weighted by atomic mass is 9.93. The second-order valence-electron chi connectivity index (χ2n) is 8.68. The van der Waals surface area contributed by atoms with Gasteiger partial charge < -0.3 is 9.63 Å². The number of carbonyl (C=O) groups excluding carboxylic acids is 2. The van der Waals surface area contributed by atoms with Crippen molar-refractivity contribution in [3.63, 3.8) is 0 Å². The molecule has 1 aliphatic heterocycles. The zero-order valence-electron chi connectivity index (χ0n) is 18.2. The number of benzene rings is 2. The van der Waals surface area contributed by atoms with Gasteiger partial charge in [-0.25, -0.2) is 0 Å². The van der Waals surface area contributed by atoms with Crippen LogP contribution in [0.5, 0.6) is 0 Å². The summed E-state index contributed by atoms with van der Waals surface area (Å²) in [6.45, 7) is 5.73. The maximum atomic E-state index is 13.1. The number of aliphatic hydroxyl groups is 1. The first-order chi connectivity index (χ1) is 15.6. The largest absolute Gasteiger partial charge is 0.507 e. The lowest BCUT2D eigenvalue weighted by Gasteiger charge is -2.22. The van der Waals surface area contributed by atoms with Crippen LogP contribution >= 0.6 is 0 Å². The third-order valence-electron chi connectivity index (χ3n) is 5.40. The smallest absolute Gasteiger partial charge is 0.301 e. The lowest BCUT2D eigenvalue weighted by molar-refractivity contribution is -0.384. The van der Waals surface area contributed by atoms with Crippen LogP contribution in [0.3, 0.4) is 0 Å². The number of anilines is 1. The molecule has 1 amide bonds. The number of ketones is 1. The molecule has 1 saturated heterocycles. The molecule has 3 aromatic rings. The van der Waals surface area contributed by atoms with Crippen LogP contribution in [0, 0.1) is 10.1 Å². The molecule has 1 aromatic heterocycles. The maximum absolute atomic E-state index is 13.1. The van der Waals surface area contributed by atoms with E-state index in [9.17, 15) is 24.8 Å². The SMILES string of the molecule is CC(C)(C)c1cc(N2C(=O)C(=O)/C(=C(/O)c3ccccc3)C2c2ccc([N+](=O)[O-])cc2)no1. The van der Waals surface area contributed by atoms with Crippen molar-refractivity contribution in [3.8, 4) is 0 Å². The van der Waals surface area contributed by atoms with Gasteiger partial charge in [-0.05, 0) is 17.7 Å². The van der Waals surface area contributed by atoms with Gasteiger partial charge in [0.15, 0.2) is 5.82 Å². The highest BCUT2D eigenvalue weighted by Gasteiger charge is 2.48. The van der Waals surface area contributed by atoms with E-state index < -0.39 is 28.1 Å². The molecular formula is C24H21N3O6. The van der Waals surface area contributed by atoms with E-state index in [2.05, 4.69) is 5.16 Å². The predicted molar refractivity (Wildman–Crippen MR) is 120 cm³/mol. The number of hydrogen-bond acceptors (Lipinski definition) is 7. The Hall–Kier alpha value is -4.27.